The highest BCUT2D eigenvalue weighted by molar-refractivity contribution is 9.10. The van der Waals surface area contributed by atoms with Crippen LogP contribution in [-0.4, -0.2) is 11.8 Å². The summed E-state index contributed by atoms with van der Waals surface area (Å²) in [5, 5.41) is 5.33. The number of para-hydroxylation sites is 1. The lowest BCUT2D eigenvalue weighted by Crippen LogP contribution is -2.45. The highest BCUT2D eigenvalue weighted by Gasteiger charge is 2.36. The summed E-state index contributed by atoms with van der Waals surface area (Å²) < 4.78 is 14.3. The molecule has 0 bridgehead atoms. The molecule has 0 fully saturated rings. The molecular weight excluding hydrogens is 375 g/mol. The van der Waals surface area contributed by atoms with Gasteiger partial charge in [0, 0.05) is 16.6 Å². The van der Waals surface area contributed by atoms with Gasteiger partial charge >= 0.3 is 0 Å². The molecule has 0 aromatic heterocycles. The second kappa shape index (κ2) is 7.57. The zero-order valence-corrected chi connectivity index (χ0v) is 15.0. The van der Waals surface area contributed by atoms with Crippen LogP contribution < -0.4 is 10.6 Å². The summed E-state index contributed by atoms with van der Waals surface area (Å²) in [7, 11) is 0. The fraction of sp³-hybridized carbons (Fsp3) is 0.222. The molecular formula is C18H18BrFN2O2. The number of carbonyl (C=O) groups is 2. The van der Waals surface area contributed by atoms with Crippen LogP contribution in [0, 0.1) is 11.2 Å². The third-order valence-electron chi connectivity index (χ3n) is 3.65. The van der Waals surface area contributed by atoms with Crippen molar-refractivity contribution < 1.29 is 14.0 Å². The summed E-state index contributed by atoms with van der Waals surface area (Å²) in [6.45, 7) is 3.07. The van der Waals surface area contributed by atoms with E-state index in [0.717, 1.165) is 4.47 Å². The normalized spacial score (nSPS) is 11.0. The Morgan fingerprint density at radius 2 is 1.67 bits per heavy atom. The summed E-state index contributed by atoms with van der Waals surface area (Å²) >= 11 is 3.34. The number of hydrogen-bond donors (Lipinski definition) is 2. The number of rotatable bonds is 5. The van der Waals surface area contributed by atoms with E-state index >= 15 is 0 Å². The first kappa shape index (κ1) is 18.1. The lowest BCUT2D eigenvalue weighted by atomic mass is 9.90. The van der Waals surface area contributed by atoms with Crippen molar-refractivity contribution in [3.05, 3.63) is 64.4 Å². The van der Waals surface area contributed by atoms with E-state index in [9.17, 15) is 14.0 Å². The second-order valence-corrected chi connectivity index (χ2v) is 6.69. The van der Waals surface area contributed by atoms with Crippen molar-refractivity contribution in [1.82, 2.24) is 5.32 Å². The van der Waals surface area contributed by atoms with Crippen LogP contribution in [0.4, 0.5) is 10.1 Å². The van der Waals surface area contributed by atoms with E-state index in [1.807, 2.05) is 6.07 Å². The van der Waals surface area contributed by atoms with Gasteiger partial charge in [-0.2, -0.15) is 0 Å². The van der Waals surface area contributed by atoms with Crippen molar-refractivity contribution in [1.29, 1.82) is 0 Å². The molecule has 2 N–H and O–H groups in total. The molecule has 2 aromatic carbocycles. The third kappa shape index (κ3) is 4.20. The fourth-order valence-electron chi connectivity index (χ4n) is 1.98. The minimum atomic E-state index is -1.31. The van der Waals surface area contributed by atoms with Gasteiger partial charge < -0.3 is 10.6 Å². The summed E-state index contributed by atoms with van der Waals surface area (Å²) in [5.74, 6) is -1.32. The van der Waals surface area contributed by atoms with Crippen molar-refractivity contribution in [2.45, 2.75) is 20.4 Å². The molecule has 0 heterocycles. The van der Waals surface area contributed by atoms with Crippen LogP contribution in [0.15, 0.2) is 53.0 Å². The Bertz CT molecular complexity index is 762. The van der Waals surface area contributed by atoms with Gasteiger partial charge in [0.15, 0.2) is 0 Å². The maximum atomic E-state index is 13.6. The largest absolute Gasteiger partial charge is 0.351 e. The number of nitrogens with one attached hydrogen (secondary N) is 2. The number of benzene rings is 2. The fourth-order valence-corrected chi connectivity index (χ4v) is 2.37. The predicted octanol–water partition coefficient (Wildman–Crippen LogP) is 3.87. The van der Waals surface area contributed by atoms with Gasteiger partial charge in [-0.3, -0.25) is 9.59 Å². The molecule has 0 aliphatic heterocycles. The van der Waals surface area contributed by atoms with Gasteiger partial charge in [0.25, 0.3) is 0 Å². The average Bonchev–Trinajstić information content (AvgIpc) is 2.55. The number of hydrogen-bond acceptors (Lipinski definition) is 2. The number of halogens is 2. The zero-order chi connectivity index (χ0) is 17.7. The Balaban J connectivity index is 2.03. The molecule has 2 aromatic rings. The predicted molar refractivity (Wildman–Crippen MR) is 94.8 cm³/mol. The van der Waals surface area contributed by atoms with E-state index in [-0.39, 0.29) is 6.54 Å². The molecule has 0 unspecified atom stereocenters. The lowest BCUT2D eigenvalue weighted by Gasteiger charge is -2.23. The summed E-state index contributed by atoms with van der Waals surface area (Å²) in [4.78, 5) is 24.8. The number of amides is 2. The van der Waals surface area contributed by atoms with Gasteiger partial charge in [-0.05, 0) is 48.0 Å². The molecule has 126 valence electrons. The maximum absolute atomic E-state index is 13.6. The van der Waals surface area contributed by atoms with E-state index in [1.165, 1.54) is 19.9 Å². The van der Waals surface area contributed by atoms with Crippen molar-refractivity contribution in [2.24, 2.45) is 5.41 Å². The Morgan fingerprint density at radius 3 is 2.33 bits per heavy atom. The van der Waals surface area contributed by atoms with Gasteiger partial charge in [0.2, 0.25) is 11.8 Å². The number of carbonyl (C=O) groups excluding carboxylic acids is 2. The average molecular weight is 393 g/mol. The van der Waals surface area contributed by atoms with Crippen LogP contribution >= 0.6 is 15.9 Å². The second-order valence-electron chi connectivity index (χ2n) is 5.83. The Labute approximate surface area is 148 Å². The first-order valence-corrected chi connectivity index (χ1v) is 8.19. The Kier molecular flexibility index (Phi) is 5.72. The van der Waals surface area contributed by atoms with Gasteiger partial charge in [0.1, 0.15) is 11.2 Å². The molecule has 0 spiro atoms. The van der Waals surface area contributed by atoms with Gasteiger partial charge in [-0.15, -0.1) is 0 Å². The smallest absolute Gasteiger partial charge is 0.239 e. The molecule has 4 nitrogen and oxygen atoms in total. The van der Waals surface area contributed by atoms with Crippen LogP contribution in [0.5, 0.6) is 0 Å². The van der Waals surface area contributed by atoms with Crippen molar-refractivity contribution >= 4 is 33.4 Å². The van der Waals surface area contributed by atoms with Crippen LogP contribution in [0.1, 0.15) is 19.4 Å². The van der Waals surface area contributed by atoms with Crippen LogP contribution in [0.3, 0.4) is 0 Å². The van der Waals surface area contributed by atoms with Crippen LogP contribution in [0.25, 0.3) is 0 Å². The lowest BCUT2D eigenvalue weighted by molar-refractivity contribution is -0.138. The first-order valence-electron chi connectivity index (χ1n) is 7.40. The van der Waals surface area contributed by atoms with E-state index in [2.05, 4.69) is 26.6 Å². The van der Waals surface area contributed by atoms with Gasteiger partial charge in [-0.1, -0.05) is 30.3 Å². The quantitative estimate of drug-likeness (QED) is 0.758. The molecule has 2 rings (SSSR count). The van der Waals surface area contributed by atoms with Crippen LogP contribution in [-0.2, 0) is 16.1 Å². The third-order valence-corrected chi connectivity index (χ3v) is 4.35. The monoisotopic (exact) mass is 392 g/mol. The molecule has 0 saturated heterocycles. The zero-order valence-electron chi connectivity index (χ0n) is 13.4. The van der Waals surface area contributed by atoms with Crippen molar-refractivity contribution in [3.63, 3.8) is 0 Å². The first-order chi connectivity index (χ1) is 11.3. The van der Waals surface area contributed by atoms with E-state index in [4.69, 9.17) is 0 Å². The SMILES string of the molecule is CC(C)(C(=O)NCc1ccccc1F)C(=O)Nc1ccccc1Br. The van der Waals surface area contributed by atoms with Crippen molar-refractivity contribution in [3.8, 4) is 0 Å². The van der Waals surface area contributed by atoms with E-state index in [0.29, 0.717) is 11.3 Å². The maximum Gasteiger partial charge on any atom is 0.239 e. The van der Waals surface area contributed by atoms with Crippen LogP contribution in [0.2, 0.25) is 0 Å². The van der Waals surface area contributed by atoms with Gasteiger partial charge in [-0.25, -0.2) is 4.39 Å². The topological polar surface area (TPSA) is 58.2 Å². The highest BCUT2D eigenvalue weighted by atomic mass is 79.9. The number of anilines is 1. The summed E-state index contributed by atoms with van der Waals surface area (Å²) in [6.07, 6.45) is 0. The van der Waals surface area contributed by atoms with Gasteiger partial charge in [0.05, 0.1) is 5.69 Å². The molecule has 0 aliphatic rings. The van der Waals surface area contributed by atoms with E-state index < -0.39 is 23.0 Å². The summed E-state index contributed by atoms with van der Waals surface area (Å²) in [6, 6.07) is 13.3. The standard InChI is InChI=1S/C18H18BrFN2O2/c1-18(2,17(24)22-15-10-6-4-8-13(15)19)16(23)21-11-12-7-3-5-9-14(12)20/h3-10H,11H2,1-2H3,(H,21,23)(H,22,24). The molecule has 0 radical (unpaired) electrons. The molecule has 0 saturated carbocycles. The molecule has 0 aliphatic carbocycles. The Hall–Kier alpha value is -2.21. The molecule has 24 heavy (non-hydrogen) atoms. The summed E-state index contributed by atoms with van der Waals surface area (Å²) in [5.41, 5.74) is -0.356. The molecule has 0 atom stereocenters. The Morgan fingerprint density at radius 1 is 1.04 bits per heavy atom. The highest BCUT2D eigenvalue weighted by Crippen LogP contribution is 2.25. The van der Waals surface area contributed by atoms with E-state index in [1.54, 1.807) is 36.4 Å². The molecule has 6 heteroatoms. The minimum absolute atomic E-state index is 0.0250. The van der Waals surface area contributed by atoms with Crippen molar-refractivity contribution in [2.75, 3.05) is 5.32 Å². The minimum Gasteiger partial charge on any atom is -0.351 e. The molecule has 2 amide bonds.